The van der Waals surface area contributed by atoms with E-state index in [1.807, 2.05) is 6.92 Å². The minimum absolute atomic E-state index is 0.0338. The van der Waals surface area contributed by atoms with Crippen molar-refractivity contribution in [1.82, 2.24) is 0 Å². The number of carboxylic acids is 1. The van der Waals surface area contributed by atoms with Gasteiger partial charge < -0.3 is 19.7 Å². The standard InChI is InChI=1S/C25H44O8/c1-3-5-7-8-9-10-11-12-13-14-16-18-32-22(27)19-25(31,24(29)30)20-23(28)33-21(26)17-15-6-4-2/h31H,3-20H2,1-2H3,(H,29,30). The van der Waals surface area contributed by atoms with E-state index >= 15 is 0 Å². The summed E-state index contributed by atoms with van der Waals surface area (Å²) >= 11 is 0. The molecule has 1 atom stereocenters. The first-order chi connectivity index (χ1) is 15.7. The van der Waals surface area contributed by atoms with Gasteiger partial charge in [-0.1, -0.05) is 90.9 Å². The van der Waals surface area contributed by atoms with Crippen LogP contribution in [0, 0.1) is 0 Å². The second-order valence-corrected chi connectivity index (χ2v) is 8.75. The van der Waals surface area contributed by atoms with E-state index in [0.717, 1.165) is 32.1 Å². The van der Waals surface area contributed by atoms with E-state index in [9.17, 15) is 29.4 Å². The van der Waals surface area contributed by atoms with Crippen LogP contribution in [-0.2, 0) is 28.7 Å². The Bertz CT molecular complexity index is 575. The van der Waals surface area contributed by atoms with E-state index in [1.165, 1.54) is 44.9 Å². The fourth-order valence-electron chi connectivity index (χ4n) is 3.43. The highest BCUT2D eigenvalue weighted by atomic mass is 16.6. The predicted molar refractivity (Wildman–Crippen MR) is 124 cm³/mol. The lowest BCUT2D eigenvalue weighted by Crippen LogP contribution is -2.43. The molecule has 0 aliphatic rings. The molecule has 0 bridgehead atoms. The molecule has 0 aromatic carbocycles. The number of hydrogen-bond acceptors (Lipinski definition) is 7. The lowest BCUT2D eigenvalue weighted by Gasteiger charge is -2.21. The SMILES string of the molecule is CCCCCCCCCCCCCOC(=O)CC(O)(CC(=O)OC(=O)CCCCC)C(=O)O. The normalized spacial score (nSPS) is 12.7. The van der Waals surface area contributed by atoms with E-state index in [-0.39, 0.29) is 13.0 Å². The Hall–Kier alpha value is -1.96. The highest BCUT2D eigenvalue weighted by molar-refractivity contribution is 5.92. The Morgan fingerprint density at radius 1 is 0.636 bits per heavy atom. The molecular formula is C25H44O8. The number of carbonyl (C=O) groups is 4. The lowest BCUT2D eigenvalue weighted by atomic mass is 9.96. The van der Waals surface area contributed by atoms with E-state index in [4.69, 9.17) is 4.74 Å². The Kier molecular flexibility index (Phi) is 18.3. The van der Waals surface area contributed by atoms with Gasteiger partial charge in [0.15, 0.2) is 5.60 Å². The van der Waals surface area contributed by atoms with Crippen LogP contribution in [0.4, 0.5) is 0 Å². The molecular weight excluding hydrogens is 428 g/mol. The number of esters is 3. The van der Waals surface area contributed by atoms with Crippen molar-refractivity contribution in [2.24, 2.45) is 0 Å². The van der Waals surface area contributed by atoms with Crippen molar-refractivity contribution in [3.05, 3.63) is 0 Å². The molecule has 0 radical (unpaired) electrons. The molecule has 0 aliphatic heterocycles. The van der Waals surface area contributed by atoms with Crippen molar-refractivity contribution in [3.8, 4) is 0 Å². The Labute approximate surface area is 198 Å². The number of unbranched alkanes of at least 4 members (excludes halogenated alkanes) is 12. The van der Waals surface area contributed by atoms with E-state index in [2.05, 4.69) is 11.7 Å². The first-order valence-electron chi connectivity index (χ1n) is 12.6. The number of rotatable bonds is 21. The summed E-state index contributed by atoms with van der Waals surface area (Å²) in [5.74, 6) is -4.61. The van der Waals surface area contributed by atoms with Crippen LogP contribution in [-0.4, -0.2) is 46.3 Å². The van der Waals surface area contributed by atoms with Crippen molar-refractivity contribution in [1.29, 1.82) is 0 Å². The van der Waals surface area contributed by atoms with Gasteiger partial charge >= 0.3 is 23.9 Å². The van der Waals surface area contributed by atoms with Crippen molar-refractivity contribution in [2.75, 3.05) is 6.61 Å². The van der Waals surface area contributed by atoms with Crippen LogP contribution >= 0.6 is 0 Å². The molecule has 33 heavy (non-hydrogen) atoms. The molecule has 8 nitrogen and oxygen atoms in total. The average Bonchev–Trinajstić information content (AvgIpc) is 2.74. The van der Waals surface area contributed by atoms with Crippen LogP contribution in [0.5, 0.6) is 0 Å². The number of hydrogen-bond donors (Lipinski definition) is 2. The second kappa shape index (κ2) is 19.5. The summed E-state index contributed by atoms with van der Waals surface area (Å²) < 4.78 is 9.57. The summed E-state index contributed by atoms with van der Waals surface area (Å²) in [6, 6.07) is 0. The average molecular weight is 473 g/mol. The van der Waals surface area contributed by atoms with Crippen molar-refractivity contribution in [3.63, 3.8) is 0 Å². The van der Waals surface area contributed by atoms with Gasteiger partial charge in [-0.3, -0.25) is 14.4 Å². The minimum Gasteiger partial charge on any atom is -0.479 e. The molecule has 0 aromatic heterocycles. The van der Waals surface area contributed by atoms with Crippen molar-refractivity contribution >= 4 is 23.9 Å². The Morgan fingerprint density at radius 2 is 1.09 bits per heavy atom. The second-order valence-electron chi connectivity index (χ2n) is 8.75. The van der Waals surface area contributed by atoms with Crippen molar-refractivity contribution in [2.45, 2.75) is 129 Å². The molecule has 1 unspecified atom stereocenters. The first kappa shape index (κ1) is 31.0. The third-order valence-corrected chi connectivity index (χ3v) is 5.49. The Balaban J connectivity index is 4.06. The van der Waals surface area contributed by atoms with Gasteiger partial charge in [0.25, 0.3) is 0 Å². The first-order valence-corrected chi connectivity index (χ1v) is 12.6. The van der Waals surface area contributed by atoms with Gasteiger partial charge in [0, 0.05) is 6.42 Å². The molecule has 0 aromatic rings. The van der Waals surface area contributed by atoms with Gasteiger partial charge in [0.1, 0.15) is 0 Å². The maximum atomic E-state index is 12.0. The van der Waals surface area contributed by atoms with Crippen LogP contribution in [0.1, 0.15) is 123 Å². The topological polar surface area (TPSA) is 127 Å². The minimum atomic E-state index is -2.67. The molecule has 0 aliphatic carbocycles. The summed E-state index contributed by atoms with van der Waals surface area (Å²) in [6.07, 6.45) is 13.0. The molecule has 2 N–H and O–H groups in total. The monoisotopic (exact) mass is 472 g/mol. The highest BCUT2D eigenvalue weighted by Crippen LogP contribution is 2.19. The molecule has 192 valence electrons. The molecule has 0 saturated carbocycles. The summed E-state index contributed by atoms with van der Waals surface area (Å²) in [4.78, 5) is 46.8. The van der Waals surface area contributed by atoms with Gasteiger partial charge in [-0.2, -0.15) is 0 Å². The number of carbonyl (C=O) groups excluding carboxylic acids is 3. The number of ether oxygens (including phenoxy) is 2. The molecule has 0 fully saturated rings. The van der Waals surface area contributed by atoms with Crippen molar-refractivity contribution < 1.29 is 38.9 Å². The largest absolute Gasteiger partial charge is 0.479 e. The van der Waals surface area contributed by atoms with Crippen LogP contribution in [0.15, 0.2) is 0 Å². The maximum absolute atomic E-state index is 12.0. The van der Waals surface area contributed by atoms with Gasteiger partial charge in [-0.15, -0.1) is 0 Å². The zero-order valence-corrected chi connectivity index (χ0v) is 20.6. The number of aliphatic hydroxyl groups is 1. The molecule has 0 amide bonds. The molecule has 0 rings (SSSR count). The fraction of sp³-hybridized carbons (Fsp3) is 0.840. The summed E-state index contributed by atoms with van der Waals surface area (Å²) in [5, 5.41) is 19.5. The molecule has 0 spiro atoms. The van der Waals surface area contributed by atoms with E-state index < -0.39 is 42.3 Å². The number of carboxylic acid groups (broad SMARTS) is 1. The smallest absolute Gasteiger partial charge is 0.336 e. The summed E-state index contributed by atoms with van der Waals surface area (Å²) in [5.41, 5.74) is -2.67. The fourth-order valence-corrected chi connectivity index (χ4v) is 3.43. The van der Waals surface area contributed by atoms with E-state index in [1.54, 1.807) is 0 Å². The quantitative estimate of drug-likeness (QED) is 0.134. The third-order valence-electron chi connectivity index (χ3n) is 5.49. The van der Waals surface area contributed by atoms with Crippen LogP contribution in [0.3, 0.4) is 0 Å². The van der Waals surface area contributed by atoms with E-state index in [0.29, 0.717) is 12.8 Å². The number of aliphatic carboxylic acids is 1. The third kappa shape index (κ3) is 17.2. The zero-order valence-electron chi connectivity index (χ0n) is 20.6. The zero-order chi connectivity index (χ0) is 25.0. The van der Waals surface area contributed by atoms with Gasteiger partial charge in [-0.05, 0) is 12.8 Å². The Morgan fingerprint density at radius 3 is 1.61 bits per heavy atom. The van der Waals surface area contributed by atoms with Crippen LogP contribution in [0.25, 0.3) is 0 Å². The molecule has 0 saturated heterocycles. The lowest BCUT2D eigenvalue weighted by molar-refractivity contribution is -0.175. The van der Waals surface area contributed by atoms with Gasteiger partial charge in [0.05, 0.1) is 19.4 Å². The van der Waals surface area contributed by atoms with Crippen LogP contribution in [0.2, 0.25) is 0 Å². The van der Waals surface area contributed by atoms with Crippen LogP contribution < -0.4 is 0 Å². The predicted octanol–water partition coefficient (Wildman–Crippen LogP) is 5.09. The summed E-state index contributed by atoms with van der Waals surface area (Å²) in [6.45, 7) is 4.30. The maximum Gasteiger partial charge on any atom is 0.336 e. The summed E-state index contributed by atoms with van der Waals surface area (Å²) in [7, 11) is 0. The highest BCUT2D eigenvalue weighted by Gasteiger charge is 2.42. The molecule has 0 heterocycles. The molecule has 8 heteroatoms. The van der Waals surface area contributed by atoms with Gasteiger partial charge in [0.2, 0.25) is 0 Å². The van der Waals surface area contributed by atoms with Gasteiger partial charge in [-0.25, -0.2) is 4.79 Å².